The van der Waals surface area contributed by atoms with Gasteiger partial charge in [0.1, 0.15) is 5.75 Å². The van der Waals surface area contributed by atoms with E-state index in [1.165, 1.54) is 0 Å². The third kappa shape index (κ3) is 6.78. The maximum Gasteiger partial charge on any atom is 0.251 e. The molecule has 0 saturated carbocycles. The molecule has 0 spiro atoms. The number of carbonyl (C=O) groups is 1. The van der Waals surface area contributed by atoms with Crippen LogP contribution in [0.3, 0.4) is 0 Å². The molecule has 20 heavy (non-hydrogen) atoms. The predicted octanol–water partition coefficient (Wildman–Crippen LogP) is 2.75. The fourth-order valence-corrected chi connectivity index (χ4v) is 1.57. The van der Waals surface area contributed by atoms with Gasteiger partial charge in [0.25, 0.3) is 5.91 Å². The Balaban J connectivity index is 0.00000361. The minimum absolute atomic E-state index is 0. The maximum absolute atomic E-state index is 11.8. The topological polar surface area (TPSA) is 64.3 Å². The summed E-state index contributed by atoms with van der Waals surface area (Å²) in [6.45, 7) is 5.44. The molecule has 1 unspecified atom stereocenters. The van der Waals surface area contributed by atoms with E-state index < -0.39 is 0 Å². The number of unbranched alkanes of at least 4 members (excludes halogenated alkanes) is 1. The lowest BCUT2D eigenvalue weighted by Crippen LogP contribution is -2.24. The summed E-state index contributed by atoms with van der Waals surface area (Å²) in [7, 11) is 0. The zero-order valence-corrected chi connectivity index (χ0v) is 13.0. The van der Waals surface area contributed by atoms with Gasteiger partial charge in [-0.15, -0.1) is 12.4 Å². The van der Waals surface area contributed by atoms with Crippen LogP contribution < -0.4 is 15.8 Å². The van der Waals surface area contributed by atoms with E-state index in [9.17, 15) is 4.79 Å². The first-order chi connectivity index (χ1) is 9.17. The number of halogens is 1. The molecule has 1 aromatic rings. The lowest BCUT2D eigenvalue weighted by atomic mass is 10.2. The Hall–Kier alpha value is -1.26. The summed E-state index contributed by atoms with van der Waals surface area (Å²) in [6, 6.07) is 7.24. The first-order valence-electron chi connectivity index (χ1n) is 6.92. The molecule has 0 heterocycles. The minimum atomic E-state index is -0.0490. The van der Waals surface area contributed by atoms with Crippen LogP contribution in [0.4, 0.5) is 0 Å². The van der Waals surface area contributed by atoms with Gasteiger partial charge in [-0.3, -0.25) is 4.79 Å². The third-order valence-corrected chi connectivity index (χ3v) is 2.95. The fraction of sp³-hybridized carbons (Fsp3) is 0.533. The van der Waals surface area contributed by atoms with Crippen LogP contribution in [0.2, 0.25) is 0 Å². The summed E-state index contributed by atoms with van der Waals surface area (Å²) in [5.74, 6) is 0.751. The molecule has 0 saturated heterocycles. The summed E-state index contributed by atoms with van der Waals surface area (Å²) in [6.07, 6.45) is 3.00. The second kappa shape index (κ2) is 10.5. The van der Waals surface area contributed by atoms with Crippen molar-refractivity contribution in [3.05, 3.63) is 29.8 Å². The Bertz CT molecular complexity index is 382. The first kappa shape index (κ1) is 18.7. The number of carbonyl (C=O) groups excluding carboxylic acids is 1. The number of nitrogens with one attached hydrogen (secondary N) is 1. The highest BCUT2D eigenvalue weighted by Crippen LogP contribution is 2.14. The number of ether oxygens (including phenoxy) is 1. The largest absolute Gasteiger partial charge is 0.491 e. The van der Waals surface area contributed by atoms with Crippen molar-refractivity contribution in [2.45, 2.75) is 39.2 Å². The lowest BCUT2D eigenvalue weighted by Gasteiger charge is -2.12. The van der Waals surface area contributed by atoms with Gasteiger partial charge in [0.2, 0.25) is 0 Å². The SMILES string of the molecule is CCC(C)Oc1ccc(C(=O)NCCCCN)cc1.Cl. The average Bonchev–Trinajstić information content (AvgIpc) is 2.44. The molecule has 0 aliphatic heterocycles. The summed E-state index contributed by atoms with van der Waals surface area (Å²) in [5, 5.41) is 2.87. The Morgan fingerprint density at radius 3 is 2.50 bits per heavy atom. The Morgan fingerprint density at radius 1 is 1.30 bits per heavy atom. The molecule has 0 bridgehead atoms. The van der Waals surface area contributed by atoms with Crippen LogP contribution in [0.25, 0.3) is 0 Å². The van der Waals surface area contributed by atoms with Crippen LogP contribution in [-0.2, 0) is 0 Å². The monoisotopic (exact) mass is 300 g/mol. The zero-order chi connectivity index (χ0) is 14.1. The molecule has 5 heteroatoms. The predicted molar refractivity (Wildman–Crippen MR) is 84.7 cm³/mol. The smallest absolute Gasteiger partial charge is 0.251 e. The van der Waals surface area contributed by atoms with Crippen LogP contribution in [0.15, 0.2) is 24.3 Å². The molecule has 0 aliphatic carbocycles. The molecule has 0 aliphatic rings. The first-order valence-corrected chi connectivity index (χ1v) is 6.92. The molecule has 1 rings (SSSR count). The van der Waals surface area contributed by atoms with E-state index in [2.05, 4.69) is 12.2 Å². The number of hydrogen-bond donors (Lipinski definition) is 2. The molecule has 0 aromatic heterocycles. The van der Waals surface area contributed by atoms with Gasteiger partial charge in [0.05, 0.1) is 6.10 Å². The summed E-state index contributed by atoms with van der Waals surface area (Å²) >= 11 is 0. The normalized spacial score (nSPS) is 11.3. The highest BCUT2D eigenvalue weighted by Gasteiger charge is 2.06. The van der Waals surface area contributed by atoms with Crippen LogP contribution in [-0.4, -0.2) is 25.1 Å². The number of amides is 1. The Morgan fingerprint density at radius 2 is 1.95 bits per heavy atom. The second-order valence-electron chi connectivity index (χ2n) is 4.61. The van der Waals surface area contributed by atoms with Gasteiger partial charge in [-0.2, -0.15) is 0 Å². The van der Waals surface area contributed by atoms with Gasteiger partial charge in [-0.1, -0.05) is 6.92 Å². The number of benzene rings is 1. The van der Waals surface area contributed by atoms with E-state index >= 15 is 0 Å². The van der Waals surface area contributed by atoms with Gasteiger partial charge in [0, 0.05) is 12.1 Å². The van der Waals surface area contributed by atoms with Crippen LogP contribution in [0.5, 0.6) is 5.75 Å². The molecular weight excluding hydrogens is 276 g/mol. The zero-order valence-electron chi connectivity index (χ0n) is 12.2. The van der Waals surface area contributed by atoms with Crippen molar-refractivity contribution in [3.8, 4) is 5.75 Å². The molecule has 4 nitrogen and oxygen atoms in total. The molecule has 0 fully saturated rings. The molecule has 114 valence electrons. The van der Waals surface area contributed by atoms with Crippen molar-refractivity contribution in [1.29, 1.82) is 0 Å². The van der Waals surface area contributed by atoms with Gasteiger partial charge >= 0.3 is 0 Å². The van der Waals surface area contributed by atoms with E-state index in [0.29, 0.717) is 18.7 Å². The average molecular weight is 301 g/mol. The van der Waals surface area contributed by atoms with Crippen molar-refractivity contribution in [3.63, 3.8) is 0 Å². The summed E-state index contributed by atoms with van der Waals surface area (Å²) in [5.41, 5.74) is 6.05. The Labute approximate surface area is 127 Å². The third-order valence-electron chi connectivity index (χ3n) is 2.95. The second-order valence-corrected chi connectivity index (χ2v) is 4.61. The maximum atomic E-state index is 11.8. The van der Waals surface area contributed by atoms with E-state index in [4.69, 9.17) is 10.5 Å². The summed E-state index contributed by atoms with van der Waals surface area (Å²) < 4.78 is 5.67. The van der Waals surface area contributed by atoms with E-state index in [-0.39, 0.29) is 24.4 Å². The minimum Gasteiger partial charge on any atom is -0.491 e. The van der Waals surface area contributed by atoms with E-state index in [1.807, 2.05) is 19.1 Å². The lowest BCUT2D eigenvalue weighted by molar-refractivity contribution is 0.0953. The number of nitrogens with two attached hydrogens (primary N) is 1. The van der Waals surface area contributed by atoms with Gasteiger partial charge in [-0.05, 0) is 57.0 Å². The quantitative estimate of drug-likeness (QED) is 0.726. The van der Waals surface area contributed by atoms with Gasteiger partial charge in [0.15, 0.2) is 0 Å². The highest BCUT2D eigenvalue weighted by molar-refractivity contribution is 5.94. The number of rotatable bonds is 8. The van der Waals surface area contributed by atoms with Crippen LogP contribution in [0.1, 0.15) is 43.5 Å². The van der Waals surface area contributed by atoms with Gasteiger partial charge < -0.3 is 15.8 Å². The van der Waals surface area contributed by atoms with E-state index in [1.54, 1.807) is 12.1 Å². The molecule has 1 amide bonds. The van der Waals surface area contributed by atoms with Crippen molar-refractivity contribution in [1.82, 2.24) is 5.32 Å². The molecule has 0 radical (unpaired) electrons. The van der Waals surface area contributed by atoms with Crippen molar-refractivity contribution in [2.75, 3.05) is 13.1 Å². The van der Waals surface area contributed by atoms with Crippen LogP contribution in [0, 0.1) is 0 Å². The summed E-state index contributed by atoms with van der Waals surface area (Å²) in [4.78, 5) is 11.8. The molecular formula is C15H25ClN2O2. The van der Waals surface area contributed by atoms with E-state index in [0.717, 1.165) is 25.0 Å². The molecule has 1 atom stereocenters. The van der Waals surface area contributed by atoms with Crippen molar-refractivity contribution >= 4 is 18.3 Å². The highest BCUT2D eigenvalue weighted by atomic mass is 35.5. The van der Waals surface area contributed by atoms with Crippen molar-refractivity contribution < 1.29 is 9.53 Å². The van der Waals surface area contributed by atoms with Crippen LogP contribution >= 0.6 is 12.4 Å². The van der Waals surface area contributed by atoms with Gasteiger partial charge in [-0.25, -0.2) is 0 Å². The number of hydrogen-bond acceptors (Lipinski definition) is 3. The standard InChI is InChI=1S/C15H24N2O2.ClH/c1-3-12(2)19-14-8-6-13(7-9-14)15(18)17-11-5-4-10-16;/h6-9,12H,3-5,10-11,16H2,1-2H3,(H,17,18);1H. The Kier molecular flexibility index (Phi) is 9.86. The fourth-order valence-electron chi connectivity index (χ4n) is 1.57. The van der Waals surface area contributed by atoms with Crippen molar-refractivity contribution in [2.24, 2.45) is 5.73 Å². The molecule has 1 aromatic carbocycles. The molecule has 3 N–H and O–H groups in total.